The van der Waals surface area contributed by atoms with Crippen LogP contribution in [0.25, 0.3) is 0 Å². The van der Waals surface area contributed by atoms with Crippen LogP contribution in [0.5, 0.6) is 0 Å². The summed E-state index contributed by atoms with van der Waals surface area (Å²) in [5.41, 5.74) is -0.0114. The van der Waals surface area contributed by atoms with Gasteiger partial charge in [-0.3, -0.25) is 4.79 Å². The number of hydrogen-bond donors (Lipinski definition) is 0. The minimum Gasteiger partial charge on any atom is -0.352 e. The van der Waals surface area contributed by atoms with Crippen LogP contribution in [0.3, 0.4) is 0 Å². The molecule has 1 fully saturated rings. The lowest BCUT2D eigenvalue weighted by Gasteiger charge is -2.34. The number of piperidine rings is 1. The summed E-state index contributed by atoms with van der Waals surface area (Å²) in [6.07, 6.45) is 4.43. The minimum atomic E-state index is -0.0114. The maximum atomic E-state index is 11.9. The standard InChI is InChI=1S/C11H16BrN3O/c1-8-7-15(5-3-9(8)12)10-11(16)14(2)6-4-13-10/h4,6,8-9H,3,5,7H2,1-2H3. The zero-order chi connectivity index (χ0) is 11.7. The number of aryl methyl sites for hydroxylation is 1. The molecule has 16 heavy (non-hydrogen) atoms. The van der Waals surface area contributed by atoms with E-state index in [1.165, 1.54) is 0 Å². The van der Waals surface area contributed by atoms with Gasteiger partial charge in [0, 0.05) is 37.4 Å². The number of rotatable bonds is 1. The van der Waals surface area contributed by atoms with Gasteiger partial charge in [-0.2, -0.15) is 0 Å². The molecule has 0 amide bonds. The first-order chi connectivity index (χ1) is 7.59. The van der Waals surface area contributed by atoms with Crippen molar-refractivity contribution in [3.8, 4) is 0 Å². The molecule has 1 saturated heterocycles. The first-order valence-electron chi connectivity index (χ1n) is 5.50. The lowest BCUT2D eigenvalue weighted by Crippen LogP contribution is -2.43. The third-order valence-corrected chi connectivity index (χ3v) is 4.46. The number of anilines is 1. The molecule has 1 aliphatic rings. The second kappa shape index (κ2) is 4.57. The lowest BCUT2D eigenvalue weighted by molar-refractivity contribution is 0.462. The topological polar surface area (TPSA) is 38.1 Å². The van der Waals surface area contributed by atoms with Crippen molar-refractivity contribution in [1.29, 1.82) is 0 Å². The second-order valence-corrected chi connectivity index (χ2v) is 5.57. The summed E-state index contributed by atoms with van der Waals surface area (Å²) in [6, 6.07) is 0. The van der Waals surface area contributed by atoms with Gasteiger partial charge in [0.1, 0.15) is 0 Å². The van der Waals surface area contributed by atoms with Crippen molar-refractivity contribution in [1.82, 2.24) is 9.55 Å². The highest BCUT2D eigenvalue weighted by atomic mass is 79.9. The van der Waals surface area contributed by atoms with Crippen LogP contribution in [0.2, 0.25) is 0 Å². The second-order valence-electron chi connectivity index (χ2n) is 4.39. The molecule has 0 saturated carbocycles. The smallest absolute Gasteiger partial charge is 0.293 e. The molecule has 2 unspecified atom stereocenters. The van der Waals surface area contributed by atoms with Crippen LogP contribution < -0.4 is 10.5 Å². The van der Waals surface area contributed by atoms with E-state index in [9.17, 15) is 4.79 Å². The van der Waals surface area contributed by atoms with Gasteiger partial charge in [0.2, 0.25) is 0 Å². The Balaban J connectivity index is 2.25. The molecule has 1 aromatic rings. The Morgan fingerprint density at radius 1 is 1.56 bits per heavy atom. The summed E-state index contributed by atoms with van der Waals surface area (Å²) in [5, 5.41) is 0. The molecule has 88 valence electrons. The molecule has 0 radical (unpaired) electrons. The van der Waals surface area contributed by atoms with Crippen LogP contribution in [0.1, 0.15) is 13.3 Å². The van der Waals surface area contributed by atoms with E-state index in [0.29, 0.717) is 16.6 Å². The summed E-state index contributed by atoms with van der Waals surface area (Å²) >= 11 is 3.66. The molecule has 4 nitrogen and oxygen atoms in total. The van der Waals surface area contributed by atoms with Gasteiger partial charge >= 0.3 is 0 Å². The SMILES string of the molecule is CC1CN(c2nccn(C)c2=O)CCC1Br. The highest BCUT2D eigenvalue weighted by Gasteiger charge is 2.26. The van der Waals surface area contributed by atoms with E-state index in [-0.39, 0.29) is 5.56 Å². The fourth-order valence-electron chi connectivity index (χ4n) is 2.01. The highest BCUT2D eigenvalue weighted by Crippen LogP contribution is 2.24. The molecule has 0 aromatic carbocycles. The molecular formula is C11H16BrN3O. The van der Waals surface area contributed by atoms with Crippen LogP contribution in [-0.4, -0.2) is 27.5 Å². The Bertz CT molecular complexity index is 431. The molecule has 0 N–H and O–H groups in total. The molecule has 2 rings (SSSR count). The Morgan fingerprint density at radius 3 is 3.00 bits per heavy atom. The van der Waals surface area contributed by atoms with E-state index in [1.54, 1.807) is 24.0 Å². The van der Waals surface area contributed by atoms with Crippen molar-refractivity contribution in [3.05, 3.63) is 22.7 Å². The number of alkyl halides is 1. The van der Waals surface area contributed by atoms with Crippen molar-refractivity contribution >= 4 is 21.7 Å². The lowest BCUT2D eigenvalue weighted by atomic mass is 10.0. The van der Waals surface area contributed by atoms with E-state index < -0.39 is 0 Å². The fourth-order valence-corrected chi connectivity index (χ4v) is 2.38. The van der Waals surface area contributed by atoms with Crippen LogP contribution in [0.4, 0.5) is 5.82 Å². The zero-order valence-electron chi connectivity index (χ0n) is 9.56. The molecule has 0 bridgehead atoms. The molecule has 5 heteroatoms. The van der Waals surface area contributed by atoms with E-state index in [2.05, 4.69) is 32.7 Å². The average molecular weight is 286 g/mol. The third kappa shape index (κ3) is 2.14. The van der Waals surface area contributed by atoms with Gasteiger partial charge in [0.15, 0.2) is 5.82 Å². The summed E-state index contributed by atoms with van der Waals surface area (Å²) in [7, 11) is 1.76. The molecule has 2 heterocycles. The van der Waals surface area contributed by atoms with E-state index in [1.807, 2.05) is 0 Å². The quantitative estimate of drug-likeness (QED) is 0.732. The number of hydrogen-bond acceptors (Lipinski definition) is 3. The van der Waals surface area contributed by atoms with Crippen LogP contribution in [0, 0.1) is 5.92 Å². The van der Waals surface area contributed by atoms with Gasteiger partial charge in [-0.1, -0.05) is 22.9 Å². The molecule has 1 aromatic heterocycles. The normalized spacial score (nSPS) is 25.8. The van der Waals surface area contributed by atoms with Gasteiger partial charge in [0.05, 0.1) is 0 Å². The van der Waals surface area contributed by atoms with Crippen molar-refractivity contribution < 1.29 is 0 Å². The summed E-state index contributed by atoms with van der Waals surface area (Å²) in [6.45, 7) is 3.98. The van der Waals surface area contributed by atoms with E-state index in [4.69, 9.17) is 0 Å². The van der Waals surface area contributed by atoms with Crippen molar-refractivity contribution in [2.24, 2.45) is 13.0 Å². The van der Waals surface area contributed by atoms with Crippen molar-refractivity contribution in [3.63, 3.8) is 0 Å². The van der Waals surface area contributed by atoms with Crippen molar-refractivity contribution in [2.45, 2.75) is 18.2 Å². The maximum Gasteiger partial charge on any atom is 0.293 e. The summed E-state index contributed by atoms with van der Waals surface area (Å²) < 4.78 is 1.58. The van der Waals surface area contributed by atoms with Crippen LogP contribution in [0.15, 0.2) is 17.2 Å². The monoisotopic (exact) mass is 285 g/mol. The van der Waals surface area contributed by atoms with E-state index in [0.717, 1.165) is 19.5 Å². The number of nitrogens with zero attached hydrogens (tertiary/aromatic N) is 3. The summed E-state index contributed by atoms with van der Waals surface area (Å²) in [5.74, 6) is 1.12. The molecular weight excluding hydrogens is 270 g/mol. The molecule has 2 atom stereocenters. The predicted octanol–water partition coefficient (Wildman–Crippen LogP) is 1.39. The van der Waals surface area contributed by atoms with Crippen LogP contribution >= 0.6 is 15.9 Å². The number of halogens is 1. The minimum absolute atomic E-state index is 0.0114. The van der Waals surface area contributed by atoms with E-state index >= 15 is 0 Å². The number of aromatic nitrogens is 2. The third-order valence-electron chi connectivity index (χ3n) is 3.10. The highest BCUT2D eigenvalue weighted by molar-refractivity contribution is 9.09. The first-order valence-corrected chi connectivity index (χ1v) is 6.42. The first kappa shape index (κ1) is 11.6. The van der Waals surface area contributed by atoms with Gasteiger partial charge in [-0.25, -0.2) is 4.98 Å². The predicted molar refractivity (Wildman–Crippen MR) is 68.2 cm³/mol. The van der Waals surface area contributed by atoms with Crippen molar-refractivity contribution in [2.75, 3.05) is 18.0 Å². The van der Waals surface area contributed by atoms with Gasteiger partial charge in [-0.05, 0) is 12.3 Å². The average Bonchev–Trinajstić information content (AvgIpc) is 2.26. The van der Waals surface area contributed by atoms with Gasteiger partial charge in [0.25, 0.3) is 5.56 Å². The zero-order valence-corrected chi connectivity index (χ0v) is 11.1. The Morgan fingerprint density at radius 2 is 2.31 bits per heavy atom. The fraction of sp³-hybridized carbons (Fsp3) is 0.636. The maximum absolute atomic E-state index is 11.9. The van der Waals surface area contributed by atoms with Gasteiger partial charge < -0.3 is 9.47 Å². The Kier molecular flexibility index (Phi) is 3.33. The molecule has 0 spiro atoms. The molecule has 0 aliphatic carbocycles. The largest absolute Gasteiger partial charge is 0.352 e. The summed E-state index contributed by atoms with van der Waals surface area (Å²) in [4.78, 5) is 18.7. The Labute approximate surface area is 103 Å². The van der Waals surface area contributed by atoms with Crippen LogP contribution in [-0.2, 0) is 7.05 Å². The Hall–Kier alpha value is -0.840. The van der Waals surface area contributed by atoms with Gasteiger partial charge in [-0.15, -0.1) is 0 Å². The molecule has 1 aliphatic heterocycles.